The summed E-state index contributed by atoms with van der Waals surface area (Å²) >= 11 is 0. The van der Waals surface area contributed by atoms with E-state index in [1.165, 1.54) is 0 Å². The molecule has 3 rings (SSSR count). The number of piperidine rings is 1. The number of aromatic nitrogens is 1. The van der Waals surface area contributed by atoms with Crippen LogP contribution in [0.2, 0.25) is 0 Å². The second kappa shape index (κ2) is 6.32. The molecule has 22 heavy (non-hydrogen) atoms. The van der Waals surface area contributed by atoms with Gasteiger partial charge in [-0.2, -0.15) is 4.31 Å². The molecule has 0 aliphatic carbocycles. The lowest BCUT2D eigenvalue weighted by Gasteiger charge is -2.34. The van der Waals surface area contributed by atoms with Crippen LogP contribution in [0, 0.1) is 0 Å². The highest BCUT2D eigenvalue weighted by atomic mass is 32.2. The molecular weight excluding hydrogens is 298 g/mol. The van der Waals surface area contributed by atoms with Gasteiger partial charge in [0.2, 0.25) is 10.0 Å². The van der Waals surface area contributed by atoms with Gasteiger partial charge in [-0.05, 0) is 24.5 Å². The summed E-state index contributed by atoms with van der Waals surface area (Å²) in [4.78, 5) is 4.34. The summed E-state index contributed by atoms with van der Waals surface area (Å²) in [6.07, 6.45) is 4.50. The Kier molecular flexibility index (Phi) is 4.42. The topological polar surface area (TPSA) is 76.3 Å². The molecule has 1 saturated heterocycles. The first-order chi connectivity index (χ1) is 10.6. The maximum Gasteiger partial charge on any atom is 0.218 e. The molecule has 1 atom stereocenters. The van der Waals surface area contributed by atoms with Crippen molar-refractivity contribution in [1.29, 1.82) is 0 Å². The molecule has 1 aliphatic rings. The van der Waals surface area contributed by atoms with Crippen LogP contribution >= 0.6 is 0 Å². The van der Waals surface area contributed by atoms with Crippen LogP contribution in [-0.2, 0) is 15.8 Å². The summed E-state index contributed by atoms with van der Waals surface area (Å²) in [5.74, 6) is -0.0160. The van der Waals surface area contributed by atoms with Crippen molar-refractivity contribution in [3.63, 3.8) is 0 Å². The van der Waals surface area contributed by atoms with Crippen molar-refractivity contribution in [2.45, 2.75) is 31.1 Å². The van der Waals surface area contributed by atoms with Gasteiger partial charge in [-0.25, -0.2) is 8.42 Å². The van der Waals surface area contributed by atoms with Crippen LogP contribution in [0.1, 0.15) is 24.8 Å². The molecular formula is C16H21N3O2S. The third-order valence-electron chi connectivity index (χ3n) is 4.26. The Hall–Kier alpha value is -1.50. The van der Waals surface area contributed by atoms with Crippen LogP contribution in [0.3, 0.4) is 0 Å². The van der Waals surface area contributed by atoms with E-state index >= 15 is 0 Å². The Balaban J connectivity index is 1.93. The van der Waals surface area contributed by atoms with Gasteiger partial charge in [-0.15, -0.1) is 0 Å². The zero-order valence-corrected chi connectivity index (χ0v) is 13.3. The second-order valence-corrected chi connectivity index (χ2v) is 7.67. The van der Waals surface area contributed by atoms with E-state index in [-0.39, 0.29) is 11.8 Å². The fraction of sp³-hybridized carbons (Fsp3) is 0.438. The van der Waals surface area contributed by atoms with E-state index < -0.39 is 10.0 Å². The van der Waals surface area contributed by atoms with Crippen LogP contribution < -0.4 is 5.73 Å². The Morgan fingerprint density at radius 1 is 1.23 bits per heavy atom. The quantitative estimate of drug-likeness (QED) is 0.933. The number of benzene rings is 1. The fourth-order valence-electron chi connectivity index (χ4n) is 3.14. The number of hydrogen-bond acceptors (Lipinski definition) is 4. The molecule has 0 bridgehead atoms. The van der Waals surface area contributed by atoms with Crippen molar-refractivity contribution < 1.29 is 8.42 Å². The number of nitrogens with two attached hydrogens (primary N) is 1. The van der Waals surface area contributed by atoms with E-state index in [0.29, 0.717) is 13.1 Å². The predicted octanol–water partition coefficient (Wildman–Crippen LogP) is 1.88. The normalized spacial score (nSPS) is 20.3. The highest BCUT2D eigenvalue weighted by Crippen LogP contribution is 2.24. The Morgan fingerprint density at radius 2 is 2.05 bits per heavy atom. The molecule has 2 heterocycles. The lowest BCUT2D eigenvalue weighted by Crippen LogP contribution is -2.47. The van der Waals surface area contributed by atoms with E-state index in [1.807, 2.05) is 30.3 Å². The lowest BCUT2D eigenvalue weighted by atomic mass is 10.1. The fourth-order valence-corrected chi connectivity index (χ4v) is 4.98. The molecule has 1 aliphatic heterocycles. The molecule has 5 nitrogen and oxygen atoms in total. The van der Waals surface area contributed by atoms with Crippen LogP contribution in [0.25, 0.3) is 10.9 Å². The number of hydrogen-bond donors (Lipinski definition) is 1. The molecule has 2 N–H and O–H groups in total. The smallest absolute Gasteiger partial charge is 0.218 e. The standard InChI is InChI=1S/C16H21N3O2S/c17-11-15-8-1-2-10-19(15)22(20,21)12-14-6-3-5-13-7-4-9-18-16(13)14/h3-7,9,15H,1-2,8,10-12,17H2/t15-/m1/s1. The maximum absolute atomic E-state index is 12.8. The Bertz CT molecular complexity index is 756. The number of fused-ring (bicyclic) bond motifs is 1. The molecule has 2 aromatic rings. The third kappa shape index (κ3) is 2.99. The van der Waals surface area contributed by atoms with Crippen molar-refractivity contribution in [2.75, 3.05) is 13.1 Å². The molecule has 6 heteroatoms. The van der Waals surface area contributed by atoms with Gasteiger partial charge in [-0.3, -0.25) is 4.98 Å². The summed E-state index contributed by atoms with van der Waals surface area (Å²) in [6.45, 7) is 0.954. The molecule has 0 spiro atoms. The monoisotopic (exact) mass is 319 g/mol. The van der Waals surface area contributed by atoms with Crippen molar-refractivity contribution in [1.82, 2.24) is 9.29 Å². The van der Waals surface area contributed by atoms with Crippen molar-refractivity contribution in [3.8, 4) is 0 Å². The van der Waals surface area contributed by atoms with Crippen molar-refractivity contribution in [2.24, 2.45) is 5.73 Å². The largest absolute Gasteiger partial charge is 0.329 e. The summed E-state index contributed by atoms with van der Waals surface area (Å²) < 4.78 is 27.2. The molecule has 1 aromatic heterocycles. The maximum atomic E-state index is 12.8. The van der Waals surface area contributed by atoms with E-state index in [2.05, 4.69) is 4.98 Å². The molecule has 118 valence electrons. The first kappa shape index (κ1) is 15.4. The van der Waals surface area contributed by atoms with E-state index in [0.717, 1.165) is 35.7 Å². The van der Waals surface area contributed by atoms with Gasteiger partial charge < -0.3 is 5.73 Å². The minimum absolute atomic E-state index is 0.0160. The summed E-state index contributed by atoms with van der Waals surface area (Å²) in [6, 6.07) is 9.40. The van der Waals surface area contributed by atoms with Gasteiger partial charge in [0, 0.05) is 30.7 Å². The average Bonchev–Trinajstić information content (AvgIpc) is 2.55. The predicted molar refractivity (Wildman–Crippen MR) is 87.8 cm³/mol. The Morgan fingerprint density at radius 3 is 2.86 bits per heavy atom. The highest BCUT2D eigenvalue weighted by Gasteiger charge is 2.31. The molecule has 0 radical (unpaired) electrons. The minimum Gasteiger partial charge on any atom is -0.329 e. The van der Waals surface area contributed by atoms with Gasteiger partial charge in [0.15, 0.2) is 0 Å². The summed E-state index contributed by atoms with van der Waals surface area (Å²) in [5, 5.41) is 0.962. The summed E-state index contributed by atoms with van der Waals surface area (Å²) in [5.41, 5.74) is 7.26. The third-order valence-corrected chi connectivity index (χ3v) is 6.13. The number of rotatable bonds is 4. The van der Waals surface area contributed by atoms with Crippen LogP contribution in [0.5, 0.6) is 0 Å². The van der Waals surface area contributed by atoms with Crippen LogP contribution in [0.15, 0.2) is 36.5 Å². The zero-order valence-electron chi connectivity index (χ0n) is 12.5. The van der Waals surface area contributed by atoms with E-state index in [4.69, 9.17) is 5.73 Å². The molecule has 0 saturated carbocycles. The second-order valence-electron chi connectivity index (χ2n) is 5.74. The number of para-hydroxylation sites is 1. The van der Waals surface area contributed by atoms with Gasteiger partial charge in [-0.1, -0.05) is 30.7 Å². The molecule has 0 unspecified atom stereocenters. The number of nitrogens with zero attached hydrogens (tertiary/aromatic N) is 2. The van der Waals surface area contributed by atoms with Gasteiger partial charge >= 0.3 is 0 Å². The van der Waals surface area contributed by atoms with Crippen molar-refractivity contribution >= 4 is 20.9 Å². The van der Waals surface area contributed by atoms with Crippen molar-refractivity contribution in [3.05, 3.63) is 42.1 Å². The number of sulfonamides is 1. The van der Waals surface area contributed by atoms with E-state index in [1.54, 1.807) is 10.5 Å². The van der Waals surface area contributed by atoms with Gasteiger partial charge in [0.1, 0.15) is 0 Å². The zero-order chi connectivity index (χ0) is 15.6. The SMILES string of the molecule is NC[C@H]1CCCCN1S(=O)(=O)Cc1cccc2cccnc12. The van der Waals surface area contributed by atoms with E-state index in [9.17, 15) is 8.42 Å². The molecule has 1 aromatic carbocycles. The lowest BCUT2D eigenvalue weighted by molar-refractivity contribution is 0.257. The minimum atomic E-state index is -3.38. The average molecular weight is 319 g/mol. The first-order valence-corrected chi connectivity index (χ1v) is 9.25. The Labute approximate surface area is 131 Å². The summed E-state index contributed by atoms with van der Waals surface area (Å²) in [7, 11) is -3.38. The van der Waals surface area contributed by atoms with Crippen LogP contribution in [0.4, 0.5) is 0 Å². The molecule has 1 fully saturated rings. The van der Waals surface area contributed by atoms with Gasteiger partial charge in [0.05, 0.1) is 11.3 Å². The van der Waals surface area contributed by atoms with Crippen LogP contribution in [-0.4, -0.2) is 36.8 Å². The molecule has 0 amide bonds. The number of pyridine rings is 1. The highest BCUT2D eigenvalue weighted by molar-refractivity contribution is 7.88. The first-order valence-electron chi connectivity index (χ1n) is 7.64. The van der Waals surface area contributed by atoms with Gasteiger partial charge in [0.25, 0.3) is 0 Å².